The Labute approximate surface area is 104 Å². The Balaban J connectivity index is 2.26. The van der Waals surface area contributed by atoms with Crippen molar-refractivity contribution in [3.05, 3.63) is 17.8 Å². The maximum Gasteiger partial charge on any atom is 0.195 e. The zero-order valence-corrected chi connectivity index (χ0v) is 11.4. The van der Waals surface area contributed by atoms with E-state index >= 15 is 0 Å². The van der Waals surface area contributed by atoms with Gasteiger partial charge in [-0.2, -0.15) is 0 Å². The second-order valence-corrected chi connectivity index (χ2v) is 5.09. The number of ether oxygens (including phenoxy) is 1. The number of aromatic nitrogens is 1. The zero-order valence-electron chi connectivity index (χ0n) is 11.4. The van der Waals surface area contributed by atoms with Crippen LogP contribution in [0.4, 0.5) is 0 Å². The normalized spacial score (nSPS) is 12.0. The third-order valence-electron chi connectivity index (χ3n) is 2.29. The van der Waals surface area contributed by atoms with Gasteiger partial charge >= 0.3 is 0 Å². The van der Waals surface area contributed by atoms with E-state index in [0.717, 1.165) is 37.6 Å². The molecular weight excluding hydrogens is 216 g/mol. The van der Waals surface area contributed by atoms with E-state index in [1.165, 1.54) is 0 Å². The number of nitrogens with one attached hydrogen (secondary N) is 1. The van der Waals surface area contributed by atoms with Crippen molar-refractivity contribution in [2.75, 3.05) is 19.8 Å². The van der Waals surface area contributed by atoms with Crippen molar-refractivity contribution >= 4 is 0 Å². The fraction of sp³-hybridized carbons (Fsp3) is 0.769. The standard InChI is InChI=1S/C13H24N2O2/c1-5-16-9-7-11-10-14-12(17-11)6-8-15-13(2,3)4/h10,15H,5-9H2,1-4H3. The molecule has 4 nitrogen and oxygen atoms in total. The third kappa shape index (κ3) is 6.44. The van der Waals surface area contributed by atoms with Crippen LogP contribution in [0, 0.1) is 0 Å². The second kappa shape index (κ2) is 6.77. The molecule has 0 bridgehead atoms. The van der Waals surface area contributed by atoms with Gasteiger partial charge in [-0.25, -0.2) is 4.98 Å². The molecule has 98 valence electrons. The molecule has 0 aliphatic rings. The number of hydrogen-bond acceptors (Lipinski definition) is 4. The fourth-order valence-corrected chi connectivity index (χ4v) is 1.44. The van der Waals surface area contributed by atoms with Gasteiger partial charge in [0.05, 0.1) is 12.8 Å². The van der Waals surface area contributed by atoms with E-state index in [9.17, 15) is 0 Å². The Morgan fingerprint density at radius 3 is 2.76 bits per heavy atom. The summed E-state index contributed by atoms with van der Waals surface area (Å²) in [7, 11) is 0. The minimum absolute atomic E-state index is 0.143. The summed E-state index contributed by atoms with van der Waals surface area (Å²) in [5.74, 6) is 1.71. The molecule has 0 saturated heterocycles. The van der Waals surface area contributed by atoms with Crippen LogP contribution in [0.3, 0.4) is 0 Å². The van der Waals surface area contributed by atoms with Gasteiger partial charge in [0.15, 0.2) is 5.89 Å². The highest BCUT2D eigenvalue weighted by Gasteiger charge is 2.09. The van der Waals surface area contributed by atoms with Crippen molar-refractivity contribution in [3.8, 4) is 0 Å². The van der Waals surface area contributed by atoms with Crippen LogP contribution in [0.1, 0.15) is 39.3 Å². The van der Waals surface area contributed by atoms with Crippen molar-refractivity contribution in [2.45, 2.75) is 46.1 Å². The summed E-state index contributed by atoms with van der Waals surface area (Å²) in [4.78, 5) is 4.25. The number of hydrogen-bond donors (Lipinski definition) is 1. The maximum absolute atomic E-state index is 5.61. The molecule has 1 N–H and O–H groups in total. The highest BCUT2D eigenvalue weighted by molar-refractivity contribution is 4.95. The van der Waals surface area contributed by atoms with Crippen LogP contribution in [0.2, 0.25) is 0 Å². The SMILES string of the molecule is CCOCCc1cnc(CCNC(C)(C)C)o1. The molecular formula is C13H24N2O2. The predicted molar refractivity (Wildman–Crippen MR) is 68.2 cm³/mol. The molecule has 4 heteroatoms. The van der Waals surface area contributed by atoms with E-state index in [1.807, 2.05) is 6.92 Å². The van der Waals surface area contributed by atoms with Crippen LogP contribution in [0.15, 0.2) is 10.6 Å². The minimum Gasteiger partial charge on any atom is -0.446 e. The Bertz CT molecular complexity index is 315. The van der Waals surface area contributed by atoms with Gasteiger partial charge in [-0.1, -0.05) is 0 Å². The third-order valence-corrected chi connectivity index (χ3v) is 2.29. The molecule has 0 saturated carbocycles. The van der Waals surface area contributed by atoms with Crippen LogP contribution in [0.25, 0.3) is 0 Å². The van der Waals surface area contributed by atoms with Gasteiger partial charge in [0.25, 0.3) is 0 Å². The molecule has 1 aromatic rings. The van der Waals surface area contributed by atoms with Gasteiger partial charge in [0, 0.05) is 31.5 Å². The lowest BCUT2D eigenvalue weighted by Crippen LogP contribution is -2.37. The zero-order chi connectivity index (χ0) is 12.7. The molecule has 0 atom stereocenters. The Kier molecular flexibility index (Phi) is 5.65. The summed E-state index contributed by atoms with van der Waals surface area (Å²) in [5, 5.41) is 3.41. The van der Waals surface area contributed by atoms with Crippen molar-refractivity contribution < 1.29 is 9.15 Å². The molecule has 1 rings (SSSR count). The van der Waals surface area contributed by atoms with Gasteiger partial charge in [0.2, 0.25) is 0 Å². The second-order valence-electron chi connectivity index (χ2n) is 5.09. The molecule has 0 aromatic carbocycles. The molecule has 0 radical (unpaired) electrons. The lowest BCUT2D eigenvalue weighted by molar-refractivity contribution is 0.146. The summed E-state index contributed by atoms with van der Waals surface area (Å²) < 4.78 is 10.9. The average molecular weight is 240 g/mol. The van der Waals surface area contributed by atoms with Crippen LogP contribution >= 0.6 is 0 Å². The van der Waals surface area contributed by atoms with Gasteiger partial charge in [-0.3, -0.25) is 0 Å². The number of nitrogens with zero attached hydrogens (tertiary/aromatic N) is 1. The lowest BCUT2D eigenvalue weighted by Gasteiger charge is -2.19. The van der Waals surface area contributed by atoms with Gasteiger partial charge in [-0.15, -0.1) is 0 Å². The number of oxazole rings is 1. The van der Waals surface area contributed by atoms with Crippen LogP contribution in [-0.4, -0.2) is 30.3 Å². The smallest absolute Gasteiger partial charge is 0.195 e. The molecule has 17 heavy (non-hydrogen) atoms. The van der Waals surface area contributed by atoms with Crippen molar-refractivity contribution in [2.24, 2.45) is 0 Å². The van der Waals surface area contributed by atoms with Crippen LogP contribution in [0.5, 0.6) is 0 Å². The first-order valence-electron chi connectivity index (χ1n) is 6.27. The Morgan fingerprint density at radius 2 is 2.12 bits per heavy atom. The van der Waals surface area contributed by atoms with E-state index in [2.05, 4.69) is 31.1 Å². The topological polar surface area (TPSA) is 47.3 Å². The fourth-order valence-electron chi connectivity index (χ4n) is 1.44. The molecule has 1 heterocycles. The Morgan fingerprint density at radius 1 is 1.35 bits per heavy atom. The molecule has 0 spiro atoms. The summed E-state index contributed by atoms with van der Waals surface area (Å²) >= 11 is 0. The monoisotopic (exact) mass is 240 g/mol. The largest absolute Gasteiger partial charge is 0.446 e. The molecule has 0 unspecified atom stereocenters. The molecule has 0 fully saturated rings. The van der Waals surface area contributed by atoms with Gasteiger partial charge in [-0.05, 0) is 27.7 Å². The predicted octanol–water partition coefficient (Wildman–Crippen LogP) is 2.18. The van der Waals surface area contributed by atoms with E-state index in [4.69, 9.17) is 9.15 Å². The van der Waals surface area contributed by atoms with Gasteiger partial charge in [0.1, 0.15) is 5.76 Å². The van der Waals surface area contributed by atoms with Crippen molar-refractivity contribution in [1.82, 2.24) is 10.3 Å². The summed E-state index contributed by atoms with van der Waals surface area (Å²) in [5.41, 5.74) is 0.143. The quantitative estimate of drug-likeness (QED) is 0.742. The van der Waals surface area contributed by atoms with E-state index in [1.54, 1.807) is 6.20 Å². The minimum atomic E-state index is 0.143. The van der Waals surface area contributed by atoms with Crippen LogP contribution in [-0.2, 0) is 17.6 Å². The number of rotatable bonds is 7. The highest BCUT2D eigenvalue weighted by Crippen LogP contribution is 2.06. The highest BCUT2D eigenvalue weighted by atomic mass is 16.5. The first-order valence-corrected chi connectivity index (χ1v) is 6.27. The van der Waals surface area contributed by atoms with E-state index < -0.39 is 0 Å². The van der Waals surface area contributed by atoms with E-state index in [0.29, 0.717) is 6.61 Å². The Hall–Kier alpha value is -0.870. The summed E-state index contributed by atoms with van der Waals surface area (Å²) in [6, 6.07) is 0. The molecule has 0 aliphatic heterocycles. The van der Waals surface area contributed by atoms with Gasteiger partial charge < -0.3 is 14.5 Å². The average Bonchev–Trinajstić information content (AvgIpc) is 2.64. The van der Waals surface area contributed by atoms with E-state index in [-0.39, 0.29) is 5.54 Å². The summed E-state index contributed by atoms with van der Waals surface area (Å²) in [6.45, 7) is 10.8. The molecule has 1 aromatic heterocycles. The molecule has 0 aliphatic carbocycles. The summed E-state index contributed by atoms with van der Waals surface area (Å²) in [6.07, 6.45) is 3.42. The lowest BCUT2D eigenvalue weighted by atomic mass is 10.1. The van der Waals surface area contributed by atoms with Crippen molar-refractivity contribution in [3.63, 3.8) is 0 Å². The maximum atomic E-state index is 5.61. The molecule has 0 amide bonds. The van der Waals surface area contributed by atoms with Crippen LogP contribution < -0.4 is 5.32 Å². The first-order chi connectivity index (χ1) is 8.01. The van der Waals surface area contributed by atoms with Crippen molar-refractivity contribution in [1.29, 1.82) is 0 Å². The first kappa shape index (κ1) is 14.2.